The van der Waals surface area contributed by atoms with E-state index >= 15 is 0 Å². The van der Waals surface area contributed by atoms with Gasteiger partial charge in [0.2, 0.25) is 0 Å². The van der Waals surface area contributed by atoms with Gasteiger partial charge in [0.1, 0.15) is 18.5 Å². The van der Waals surface area contributed by atoms with Crippen LogP contribution in [0.3, 0.4) is 0 Å². The minimum Gasteiger partial charge on any atom is -0.488 e. The zero-order valence-electron chi connectivity index (χ0n) is 11.7. The Morgan fingerprint density at radius 1 is 1.15 bits per heavy atom. The van der Waals surface area contributed by atoms with Gasteiger partial charge in [-0.05, 0) is 42.0 Å². The number of aliphatic hydroxyl groups excluding tert-OH is 1. The molecule has 0 bridgehead atoms. The van der Waals surface area contributed by atoms with Crippen LogP contribution in [0.4, 0.5) is 0 Å². The predicted molar refractivity (Wildman–Crippen MR) is 79.9 cm³/mol. The smallest absolute Gasteiger partial charge is 0.120 e. The van der Waals surface area contributed by atoms with Crippen LogP contribution < -0.4 is 4.74 Å². The molecule has 0 aliphatic carbocycles. The van der Waals surface area contributed by atoms with Crippen molar-refractivity contribution in [2.45, 2.75) is 13.0 Å². The average molecular weight is 270 g/mol. The molecule has 2 aromatic rings. The first-order valence-corrected chi connectivity index (χ1v) is 6.52. The number of hydrogen-bond donors (Lipinski definition) is 1. The first kappa shape index (κ1) is 14.4. The van der Waals surface area contributed by atoms with Crippen molar-refractivity contribution in [3.05, 3.63) is 42.0 Å². The molecule has 0 heterocycles. The molecule has 0 amide bonds. The molecule has 2 rings (SSSR count). The highest BCUT2D eigenvalue weighted by Crippen LogP contribution is 2.22. The van der Waals surface area contributed by atoms with Crippen molar-refractivity contribution >= 4 is 10.8 Å². The normalized spacial score (nSPS) is 11.8. The largest absolute Gasteiger partial charge is 0.488 e. The lowest BCUT2D eigenvalue weighted by Crippen LogP contribution is -2.17. The Hall–Kier alpha value is -2.02. The first-order chi connectivity index (χ1) is 9.72. The van der Waals surface area contributed by atoms with E-state index in [1.165, 1.54) is 0 Å². The summed E-state index contributed by atoms with van der Waals surface area (Å²) in [5.74, 6) is 6.38. The van der Waals surface area contributed by atoms with Crippen LogP contribution in [0, 0.1) is 11.8 Å². The summed E-state index contributed by atoms with van der Waals surface area (Å²) in [6, 6.07) is 11.9. The third-order valence-electron chi connectivity index (χ3n) is 2.86. The lowest BCUT2D eigenvalue weighted by atomic mass is 10.1. The van der Waals surface area contributed by atoms with Crippen molar-refractivity contribution in [1.29, 1.82) is 0 Å². The van der Waals surface area contributed by atoms with Gasteiger partial charge < -0.3 is 14.6 Å². The van der Waals surface area contributed by atoms with Gasteiger partial charge in [0, 0.05) is 12.7 Å². The van der Waals surface area contributed by atoms with Gasteiger partial charge in [-0.2, -0.15) is 0 Å². The molecule has 2 aromatic carbocycles. The fourth-order valence-corrected chi connectivity index (χ4v) is 2.02. The molecular formula is C17H18O3. The van der Waals surface area contributed by atoms with Crippen LogP contribution in [-0.2, 0) is 4.74 Å². The van der Waals surface area contributed by atoms with Gasteiger partial charge in [-0.15, -0.1) is 0 Å². The van der Waals surface area contributed by atoms with E-state index in [1.807, 2.05) is 43.3 Å². The Bertz CT molecular complexity index is 637. The molecule has 1 unspecified atom stereocenters. The molecule has 3 nitrogen and oxygen atoms in total. The summed E-state index contributed by atoms with van der Waals surface area (Å²) in [5, 5.41) is 10.9. The van der Waals surface area contributed by atoms with Gasteiger partial charge in [0.25, 0.3) is 0 Å². The first-order valence-electron chi connectivity index (χ1n) is 6.52. The summed E-state index contributed by atoms with van der Waals surface area (Å²) in [4.78, 5) is 0. The quantitative estimate of drug-likeness (QED) is 0.868. The fraction of sp³-hybridized carbons (Fsp3) is 0.294. The molecule has 0 saturated heterocycles. The molecular weight excluding hydrogens is 252 g/mol. The molecule has 0 aliphatic heterocycles. The van der Waals surface area contributed by atoms with Crippen LogP contribution in [0.25, 0.3) is 10.8 Å². The van der Waals surface area contributed by atoms with Crippen LogP contribution in [0.5, 0.6) is 5.75 Å². The lowest BCUT2D eigenvalue weighted by molar-refractivity contribution is 0.0922. The lowest BCUT2D eigenvalue weighted by Gasteiger charge is -2.14. The van der Waals surface area contributed by atoms with E-state index in [4.69, 9.17) is 14.6 Å². The summed E-state index contributed by atoms with van der Waals surface area (Å²) in [5.41, 5.74) is 0.896. The van der Waals surface area contributed by atoms with Gasteiger partial charge >= 0.3 is 0 Å². The second-order valence-electron chi connectivity index (χ2n) is 4.57. The number of hydrogen-bond acceptors (Lipinski definition) is 3. The van der Waals surface area contributed by atoms with Crippen molar-refractivity contribution in [1.82, 2.24) is 0 Å². The summed E-state index contributed by atoms with van der Waals surface area (Å²) in [6.45, 7) is 2.41. The van der Waals surface area contributed by atoms with Crippen molar-refractivity contribution in [2.75, 3.05) is 20.3 Å². The number of rotatable bonds is 4. The minimum absolute atomic E-state index is 0.0205. The van der Waals surface area contributed by atoms with Gasteiger partial charge in [0.05, 0.1) is 6.61 Å². The molecule has 0 saturated carbocycles. The zero-order chi connectivity index (χ0) is 14.4. The molecule has 0 radical (unpaired) electrons. The van der Waals surface area contributed by atoms with E-state index in [0.29, 0.717) is 6.61 Å². The van der Waals surface area contributed by atoms with Gasteiger partial charge in [-0.25, -0.2) is 0 Å². The Balaban J connectivity index is 2.22. The zero-order valence-corrected chi connectivity index (χ0v) is 11.7. The highest BCUT2D eigenvalue weighted by atomic mass is 16.5. The maximum Gasteiger partial charge on any atom is 0.120 e. The third-order valence-corrected chi connectivity index (χ3v) is 2.86. The van der Waals surface area contributed by atoms with Gasteiger partial charge in [-0.1, -0.05) is 24.0 Å². The summed E-state index contributed by atoms with van der Waals surface area (Å²) >= 11 is 0. The summed E-state index contributed by atoms with van der Waals surface area (Å²) in [6.07, 6.45) is 0.0205. The highest BCUT2D eigenvalue weighted by molar-refractivity contribution is 5.85. The number of methoxy groups -OCH3 is 1. The van der Waals surface area contributed by atoms with Crippen molar-refractivity contribution < 1.29 is 14.6 Å². The number of aliphatic hydroxyl groups is 1. The molecule has 0 fully saturated rings. The number of benzene rings is 2. The van der Waals surface area contributed by atoms with E-state index < -0.39 is 0 Å². The molecule has 20 heavy (non-hydrogen) atoms. The van der Waals surface area contributed by atoms with Crippen molar-refractivity contribution in [2.24, 2.45) is 0 Å². The maximum atomic E-state index is 8.70. The Morgan fingerprint density at radius 3 is 2.65 bits per heavy atom. The monoisotopic (exact) mass is 270 g/mol. The van der Waals surface area contributed by atoms with Crippen molar-refractivity contribution in [3.63, 3.8) is 0 Å². The molecule has 0 aromatic heterocycles. The Labute approximate surface area is 119 Å². The number of ether oxygens (including phenoxy) is 2. The van der Waals surface area contributed by atoms with Gasteiger partial charge in [-0.3, -0.25) is 0 Å². The van der Waals surface area contributed by atoms with Crippen LogP contribution in [-0.4, -0.2) is 31.5 Å². The predicted octanol–water partition coefficient (Wildman–Crippen LogP) is 2.60. The SMILES string of the molecule is COCC(C)Oc1ccc2cc(C#CCO)ccc2c1. The average Bonchev–Trinajstić information content (AvgIpc) is 2.45. The van der Waals surface area contributed by atoms with E-state index in [2.05, 4.69) is 11.8 Å². The van der Waals surface area contributed by atoms with Gasteiger partial charge in [0.15, 0.2) is 0 Å². The van der Waals surface area contributed by atoms with E-state index in [9.17, 15) is 0 Å². The van der Waals surface area contributed by atoms with E-state index in [-0.39, 0.29) is 12.7 Å². The summed E-state index contributed by atoms with van der Waals surface area (Å²) in [7, 11) is 1.66. The molecule has 3 heteroatoms. The van der Waals surface area contributed by atoms with Crippen LogP contribution >= 0.6 is 0 Å². The molecule has 0 aliphatic rings. The second-order valence-corrected chi connectivity index (χ2v) is 4.57. The van der Waals surface area contributed by atoms with Crippen molar-refractivity contribution in [3.8, 4) is 17.6 Å². The highest BCUT2D eigenvalue weighted by Gasteiger charge is 2.04. The third kappa shape index (κ3) is 3.74. The van der Waals surface area contributed by atoms with E-state index in [1.54, 1.807) is 7.11 Å². The second kappa shape index (κ2) is 6.95. The van der Waals surface area contributed by atoms with Crippen LogP contribution in [0.2, 0.25) is 0 Å². The maximum absolute atomic E-state index is 8.70. The Kier molecular flexibility index (Phi) is 5.00. The molecule has 1 N–H and O–H groups in total. The molecule has 1 atom stereocenters. The standard InChI is InChI=1S/C17H18O3/c1-13(12-19-2)20-17-8-7-15-10-14(4-3-9-18)5-6-16(15)11-17/h5-8,10-11,13,18H,9,12H2,1-2H3. The molecule has 0 spiro atoms. The van der Waals surface area contributed by atoms with Crippen LogP contribution in [0.1, 0.15) is 12.5 Å². The molecule has 104 valence electrons. The number of fused-ring (bicyclic) bond motifs is 1. The van der Waals surface area contributed by atoms with Crippen LogP contribution in [0.15, 0.2) is 36.4 Å². The van der Waals surface area contributed by atoms with E-state index in [0.717, 1.165) is 22.1 Å². The summed E-state index contributed by atoms with van der Waals surface area (Å²) < 4.78 is 10.8. The Morgan fingerprint density at radius 2 is 1.90 bits per heavy atom. The minimum atomic E-state index is -0.123. The fourth-order valence-electron chi connectivity index (χ4n) is 2.02. The topological polar surface area (TPSA) is 38.7 Å².